The van der Waals surface area contributed by atoms with Crippen molar-refractivity contribution >= 4 is 17.4 Å². The second-order valence-corrected chi connectivity index (χ2v) is 10.3. The average Bonchev–Trinajstić information content (AvgIpc) is 3.19. The Kier molecular flexibility index (Phi) is 9.43. The SMILES string of the molecule is C=CCOc1ccc(C2C(=C(O)c3ccc(OCC(C)C)c(C)c3)C(=O)C(=O)N2CCN2CCOCC2)cc1. The summed E-state index contributed by atoms with van der Waals surface area (Å²) in [6, 6.07) is 11.8. The van der Waals surface area contributed by atoms with Crippen molar-refractivity contribution in [2.45, 2.75) is 26.8 Å². The number of benzene rings is 2. The maximum absolute atomic E-state index is 13.4. The van der Waals surface area contributed by atoms with E-state index in [1.54, 1.807) is 41.3 Å². The van der Waals surface area contributed by atoms with Crippen LogP contribution in [0.4, 0.5) is 0 Å². The molecule has 39 heavy (non-hydrogen) atoms. The first-order valence-electron chi connectivity index (χ1n) is 13.5. The minimum Gasteiger partial charge on any atom is -0.507 e. The van der Waals surface area contributed by atoms with Crippen LogP contribution in [0.1, 0.15) is 36.6 Å². The summed E-state index contributed by atoms with van der Waals surface area (Å²) in [5.41, 5.74) is 2.10. The molecule has 1 atom stereocenters. The van der Waals surface area contributed by atoms with Crippen LogP contribution >= 0.6 is 0 Å². The molecule has 2 saturated heterocycles. The second-order valence-electron chi connectivity index (χ2n) is 10.3. The van der Waals surface area contributed by atoms with Gasteiger partial charge in [-0.2, -0.15) is 0 Å². The maximum Gasteiger partial charge on any atom is 0.295 e. The van der Waals surface area contributed by atoms with Gasteiger partial charge in [-0.25, -0.2) is 0 Å². The lowest BCUT2D eigenvalue weighted by Gasteiger charge is -2.31. The molecule has 0 aromatic heterocycles. The lowest BCUT2D eigenvalue weighted by Crippen LogP contribution is -2.42. The first kappa shape index (κ1) is 28.4. The van der Waals surface area contributed by atoms with E-state index in [9.17, 15) is 14.7 Å². The fraction of sp³-hybridized carbons (Fsp3) is 0.419. The van der Waals surface area contributed by atoms with Gasteiger partial charge in [0.2, 0.25) is 0 Å². The predicted octanol–water partition coefficient (Wildman–Crippen LogP) is 4.35. The van der Waals surface area contributed by atoms with E-state index in [-0.39, 0.29) is 11.3 Å². The van der Waals surface area contributed by atoms with Crippen molar-refractivity contribution in [1.29, 1.82) is 0 Å². The maximum atomic E-state index is 13.4. The fourth-order valence-electron chi connectivity index (χ4n) is 4.80. The van der Waals surface area contributed by atoms with E-state index in [4.69, 9.17) is 14.2 Å². The van der Waals surface area contributed by atoms with Gasteiger partial charge in [0, 0.05) is 31.7 Å². The highest BCUT2D eigenvalue weighted by molar-refractivity contribution is 6.46. The molecular weight excluding hydrogens is 496 g/mol. The van der Waals surface area contributed by atoms with Crippen LogP contribution in [0.3, 0.4) is 0 Å². The number of carbonyl (C=O) groups excluding carboxylic acids is 2. The quantitative estimate of drug-likeness (QED) is 0.198. The number of ketones is 1. The molecule has 1 N–H and O–H groups in total. The summed E-state index contributed by atoms with van der Waals surface area (Å²) in [5, 5.41) is 11.5. The summed E-state index contributed by atoms with van der Waals surface area (Å²) in [7, 11) is 0. The predicted molar refractivity (Wildman–Crippen MR) is 150 cm³/mol. The minimum absolute atomic E-state index is 0.0805. The van der Waals surface area contributed by atoms with E-state index in [1.807, 2.05) is 19.1 Å². The highest BCUT2D eigenvalue weighted by Crippen LogP contribution is 2.40. The van der Waals surface area contributed by atoms with Crippen LogP contribution in [-0.2, 0) is 14.3 Å². The molecule has 4 rings (SSSR count). The zero-order valence-electron chi connectivity index (χ0n) is 23.0. The normalized spacial score (nSPS) is 19.5. The molecule has 8 nitrogen and oxygen atoms in total. The Balaban J connectivity index is 1.69. The standard InChI is InChI=1S/C31H38N2O6/c1-5-16-38-25-9-6-23(7-10-25)28-27(29(34)24-8-11-26(22(4)19-24)39-20-21(2)3)30(35)31(36)33(28)13-12-32-14-17-37-18-15-32/h5-11,19,21,28,34H,1,12-18,20H2,2-4H3. The van der Waals surface area contributed by atoms with Crippen molar-refractivity contribution < 1.29 is 28.9 Å². The van der Waals surface area contributed by atoms with Crippen molar-refractivity contribution in [2.24, 2.45) is 5.92 Å². The Morgan fingerprint density at radius 2 is 1.82 bits per heavy atom. The van der Waals surface area contributed by atoms with Gasteiger partial charge in [-0.1, -0.05) is 38.6 Å². The Labute approximate surface area is 230 Å². The molecule has 2 aliphatic rings. The number of rotatable bonds is 11. The molecular formula is C31H38N2O6. The summed E-state index contributed by atoms with van der Waals surface area (Å²) in [4.78, 5) is 30.5. The van der Waals surface area contributed by atoms with Crippen LogP contribution in [0.5, 0.6) is 11.5 Å². The Morgan fingerprint density at radius 1 is 1.10 bits per heavy atom. The van der Waals surface area contributed by atoms with Crippen LogP contribution in [0.2, 0.25) is 0 Å². The summed E-state index contributed by atoms with van der Waals surface area (Å²) >= 11 is 0. The molecule has 8 heteroatoms. The van der Waals surface area contributed by atoms with E-state index in [0.717, 1.165) is 30.0 Å². The number of carbonyl (C=O) groups is 2. The largest absolute Gasteiger partial charge is 0.507 e. The molecule has 0 spiro atoms. The number of hydrogen-bond acceptors (Lipinski definition) is 7. The molecule has 208 valence electrons. The molecule has 0 bridgehead atoms. The zero-order valence-corrected chi connectivity index (χ0v) is 23.0. The van der Waals surface area contributed by atoms with Gasteiger partial charge in [-0.05, 0) is 54.3 Å². The third-order valence-corrected chi connectivity index (χ3v) is 6.89. The molecule has 1 amide bonds. The number of ether oxygens (including phenoxy) is 3. The van der Waals surface area contributed by atoms with Gasteiger partial charge in [-0.15, -0.1) is 0 Å². The second kappa shape index (κ2) is 13.0. The third-order valence-electron chi connectivity index (χ3n) is 6.89. The summed E-state index contributed by atoms with van der Waals surface area (Å²) in [6.07, 6.45) is 1.66. The molecule has 2 fully saturated rings. The summed E-state index contributed by atoms with van der Waals surface area (Å²) in [6.45, 7) is 14.4. The van der Waals surface area contributed by atoms with Gasteiger partial charge in [0.1, 0.15) is 23.9 Å². The number of amides is 1. The highest BCUT2D eigenvalue weighted by Gasteiger charge is 2.46. The molecule has 0 saturated carbocycles. The van der Waals surface area contributed by atoms with Gasteiger partial charge in [0.25, 0.3) is 11.7 Å². The monoisotopic (exact) mass is 534 g/mol. The summed E-state index contributed by atoms with van der Waals surface area (Å²) in [5.74, 6) is 0.242. The Bertz CT molecular complexity index is 1210. The van der Waals surface area contributed by atoms with Crippen LogP contribution in [0.15, 0.2) is 60.7 Å². The van der Waals surface area contributed by atoms with Gasteiger partial charge in [-0.3, -0.25) is 14.5 Å². The molecule has 2 heterocycles. The fourth-order valence-corrected chi connectivity index (χ4v) is 4.80. The number of aliphatic hydroxyl groups excluding tert-OH is 1. The van der Waals surface area contributed by atoms with Crippen molar-refractivity contribution in [3.8, 4) is 11.5 Å². The third kappa shape index (κ3) is 6.69. The minimum atomic E-state index is -0.725. The van der Waals surface area contributed by atoms with Crippen molar-refractivity contribution in [3.63, 3.8) is 0 Å². The van der Waals surface area contributed by atoms with Crippen LogP contribution in [0.25, 0.3) is 5.76 Å². The Hall–Kier alpha value is -3.62. The molecule has 1 unspecified atom stereocenters. The first-order chi connectivity index (χ1) is 18.8. The van der Waals surface area contributed by atoms with E-state index in [0.29, 0.717) is 56.7 Å². The lowest BCUT2D eigenvalue weighted by atomic mass is 9.94. The number of likely N-dealkylation sites (tertiary alicyclic amines) is 1. The van der Waals surface area contributed by atoms with Gasteiger partial charge in [0.15, 0.2) is 0 Å². The number of hydrogen-bond donors (Lipinski definition) is 1. The van der Waals surface area contributed by atoms with E-state index >= 15 is 0 Å². The smallest absolute Gasteiger partial charge is 0.295 e. The van der Waals surface area contributed by atoms with Crippen molar-refractivity contribution in [1.82, 2.24) is 9.80 Å². The van der Waals surface area contributed by atoms with E-state index in [2.05, 4.69) is 25.3 Å². The molecule has 2 aliphatic heterocycles. The Morgan fingerprint density at radius 3 is 2.46 bits per heavy atom. The van der Waals surface area contributed by atoms with Gasteiger partial charge < -0.3 is 24.2 Å². The summed E-state index contributed by atoms with van der Waals surface area (Å²) < 4.78 is 16.9. The highest BCUT2D eigenvalue weighted by atomic mass is 16.5. The number of aliphatic hydroxyl groups is 1. The molecule has 2 aromatic carbocycles. The van der Waals surface area contributed by atoms with Gasteiger partial charge in [0.05, 0.1) is 31.4 Å². The molecule has 0 radical (unpaired) electrons. The first-order valence-corrected chi connectivity index (χ1v) is 13.5. The van der Waals surface area contributed by atoms with Crippen molar-refractivity contribution in [3.05, 3.63) is 77.4 Å². The number of aryl methyl sites for hydroxylation is 1. The molecule has 0 aliphatic carbocycles. The number of morpholine rings is 1. The van der Waals surface area contributed by atoms with E-state index < -0.39 is 17.7 Å². The number of Topliss-reactive ketones (excluding diaryl/α,β-unsaturated/α-hetero) is 1. The van der Waals surface area contributed by atoms with Crippen LogP contribution < -0.4 is 9.47 Å². The zero-order chi connectivity index (χ0) is 27.9. The topological polar surface area (TPSA) is 88.5 Å². The number of nitrogens with zero attached hydrogens (tertiary/aromatic N) is 2. The van der Waals surface area contributed by atoms with Crippen LogP contribution in [-0.4, -0.2) is 79.2 Å². The van der Waals surface area contributed by atoms with Gasteiger partial charge >= 0.3 is 0 Å². The van der Waals surface area contributed by atoms with Crippen LogP contribution in [0, 0.1) is 12.8 Å². The van der Waals surface area contributed by atoms with Crippen molar-refractivity contribution in [2.75, 3.05) is 52.6 Å². The van der Waals surface area contributed by atoms with E-state index in [1.165, 1.54) is 0 Å². The molecule has 2 aromatic rings. The average molecular weight is 535 g/mol. The lowest BCUT2D eigenvalue weighted by molar-refractivity contribution is -0.140.